The van der Waals surface area contributed by atoms with Gasteiger partial charge in [-0.05, 0) is 5.56 Å². The summed E-state index contributed by atoms with van der Waals surface area (Å²) in [5.41, 5.74) is 7.92. The minimum atomic E-state index is 0.454. The second-order valence-electron chi connectivity index (χ2n) is 4.19. The molecular weight excluding hydrogens is 238 g/mol. The Labute approximate surface area is 110 Å². The Morgan fingerprint density at radius 1 is 1.16 bits per heavy atom. The lowest BCUT2D eigenvalue weighted by Gasteiger charge is -2.07. The summed E-state index contributed by atoms with van der Waals surface area (Å²) in [5, 5.41) is 0. The molecule has 3 rings (SSSR count). The van der Waals surface area contributed by atoms with Crippen LogP contribution in [0.1, 0.15) is 11.3 Å². The number of hydrogen-bond acceptors (Lipinski definition) is 4. The normalized spacial score (nSPS) is 10.5. The summed E-state index contributed by atoms with van der Waals surface area (Å²) < 4.78 is 1.77. The number of nitrogens with two attached hydrogens (primary N) is 1. The first-order valence-corrected chi connectivity index (χ1v) is 5.96. The van der Waals surface area contributed by atoms with Crippen molar-refractivity contribution in [2.24, 2.45) is 0 Å². The smallest absolute Gasteiger partial charge is 0.158 e. The molecule has 0 aliphatic carbocycles. The van der Waals surface area contributed by atoms with Gasteiger partial charge in [0.1, 0.15) is 12.1 Å². The Kier molecular flexibility index (Phi) is 2.94. The third-order valence-electron chi connectivity index (χ3n) is 2.85. The van der Waals surface area contributed by atoms with Gasteiger partial charge in [-0.25, -0.2) is 9.97 Å². The molecule has 2 aromatic heterocycles. The van der Waals surface area contributed by atoms with Crippen molar-refractivity contribution in [2.75, 3.05) is 5.73 Å². The van der Waals surface area contributed by atoms with Gasteiger partial charge in [0.15, 0.2) is 5.82 Å². The SMILES string of the molecule is Nc1nc(-n2ccnc2)cnc1Cc1ccccc1. The molecule has 0 spiro atoms. The fourth-order valence-corrected chi connectivity index (χ4v) is 1.86. The molecule has 3 aromatic rings. The molecule has 0 atom stereocenters. The maximum absolute atomic E-state index is 5.97. The zero-order chi connectivity index (χ0) is 13.1. The predicted octanol–water partition coefficient (Wildman–Crippen LogP) is 1.84. The summed E-state index contributed by atoms with van der Waals surface area (Å²) in [6, 6.07) is 10.1. The first-order valence-electron chi connectivity index (χ1n) is 5.96. The zero-order valence-corrected chi connectivity index (χ0v) is 10.3. The van der Waals surface area contributed by atoms with Crippen molar-refractivity contribution in [1.82, 2.24) is 19.5 Å². The number of nitrogen functional groups attached to an aromatic ring is 1. The fraction of sp³-hybridized carbons (Fsp3) is 0.0714. The van der Waals surface area contributed by atoms with E-state index in [1.165, 1.54) is 5.56 Å². The highest BCUT2D eigenvalue weighted by Crippen LogP contribution is 2.14. The summed E-state index contributed by atoms with van der Waals surface area (Å²) >= 11 is 0. The minimum absolute atomic E-state index is 0.454. The van der Waals surface area contributed by atoms with Crippen LogP contribution < -0.4 is 5.73 Å². The molecule has 0 aliphatic rings. The van der Waals surface area contributed by atoms with Crippen LogP contribution in [0, 0.1) is 0 Å². The zero-order valence-electron chi connectivity index (χ0n) is 10.3. The molecule has 1 aromatic carbocycles. The van der Waals surface area contributed by atoms with Gasteiger partial charge in [-0.1, -0.05) is 30.3 Å². The first-order chi connectivity index (χ1) is 9.33. The molecule has 0 amide bonds. The lowest BCUT2D eigenvalue weighted by Crippen LogP contribution is -2.05. The molecule has 0 fully saturated rings. The van der Waals surface area contributed by atoms with E-state index < -0.39 is 0 Å². The Hall–Kier alpha value is -2.69. The standard InChI is InChI=1S/C14H13N5/c15-14-12(8-11-4-2-1-3-5-11)17-9-13(18-14)19-7-6-16-10-19/h1-7,9-10H,8H2,(H2,15,18). The van der Waals surface area contributed by atoms with Gasteiger partial charge in [0.2, 0.25) is 0 Å². The highest BCUT2D eigenvalue weighted by Gasteiger charge is 2.06. The number of benzene rings is 1. The van der Waals surface area contributed by atoms with Crippen molar-refractivity contribution in [3.63, 3.8) is 0 Å². The molecule has 0 saturated heterocycles. The quantitative estimate of drug-likeness (QED) is 0.771. The van der Waals surface area contributed by atoms with Crippen LogP contribution in [-0.2, 0) is 6.42 Å². The van der Waals surface area contributed by atoms with E-state index in [0.29, 0.717) is 18.1 Å². The van der Waals surface area contributed by atoms with Crippen molar-refractivity contribution in [1.29, 1.82) is 0 Å². The second kappa shape index (κ2) is 4.89. The average Bonchev–Trinajstić information content (AvgIpc) is 2.96. The molecule has 0 radical (unpaired) electrons. The van der Waals surface area contributed by atoms with E-state index in [1.54, 1.807) is 29.5 Å². The molecule has 0 aliphatic heterocycles. The third kappa shape index (κ3) is 2.44. The molecule has 2 heterocycles. The summed E-state index contributed by atoms with van der Waals surface area (Å²) in [7, 11) is 0. The van der Waals surface area contributed by atoms with Gasteiger partial charge < -0.3 is 5.73 Å². The van der Waals surface area contributed by atoms with E-state index in [9.17, 15) is 0 Å². The number of anilines is 1. The van der Waals surface area contributed by atoms with Gasteiger partial charge in [0.25, 0.3) is 0 Å². The highest BCUT2D eigenvalue weighted by atomic mass is 15.1. The van der Waals surface area contributed by atoms with Crippen LogP contribution in [0.5, 0.6) is 0 Å². The highest BCUT2D eigenvalue weighted by molar-refractivity contribution is 5.41. The van der Waals surface area contributed by atoms with Crippen molar-refractivity contribution in [3.8, 4) is 5.82 Å². The van der Waals surface area contributed by atoms with E-state index >= 15 is 0 Å². The maximum Gasteiger partial charge on any atom is 0.158 e. The van der Waals surface area contributed by atoms with Crippen molar-refractivity contribution in [2.45, 2.75) is 6.42 Å². The van der Waals surface area contributed by atoms with Crippen LogP contribution in [-0.4, -0.2) is 19.5 Å². The molecular formula is C14H13N5. The van der Waals surface area contributed by atoms with Crippen molar-refractivity contribution < 1.29 is 0 Å². The Balaban J connectivity index is 1.88. The molecule has 2 N–H and O–H groups in total. The van der Waals surface area contributed by atoms with Gasteiger partial charge in [-0.2, -0.15) is 0 Å². The van der Waals surface area contributed by atoms with E-state index in [0.717, 1.165) is 5.69 Å². The second-order valence-corrected chi connectivity index (χ2v) is 4.19. The van der Waals surface area contributed by atoms with Gasteiger partial charge >= 0.3 is 0 Å². The van der Waals surface area contributed by atoms with Crippen LogP contribution >= 0.6 is 0 Å². The van der Waals surface area contributed by atoms with Gasteiger partial charge in [-0.3, -0.25) is 9.55 Å². The summed E-state index contributed by atoms with van der Waals surface area (Å²) in [6.45, 7) is 0. The van der Waals surface area contributed by atoms with E-state index in [-0.39, 0.29) is 0 Å². The van der Waals surface area contributed by atoms with Gasteiger partial charge in [0.05, 0.1) is 11.9 Å². The number of nitrogens with zero attached hydrogens (tertiary/aromatic N) is 4. The topological polar surface area (TPSA) is 69.6 Å². The monoisotopic (exact) mass is 251 g/mol. The van der Waals surface area contributed by atoms with Crippen LogP contribution in [0.2, 0.25) is 0 Å². The first kappa shape index (κ1) is 11.4. The minimum Gasteiger partial charge on any atom is -0.382 e. The Morgan fingerprint density at radius 3 is 2.68 bits per heavy atom. The third-order valence-corrected chi connectivity index (χ3v) is 2.85. The van der Waals surface area contributed by atoms with Crippen molar-refractivity contribution in [3.05, 3.63) is 66.5 Å². The molecule has 19 heavy (non-hydrogen) atoms. The molecule has 0 bridgehead atoms. The Bertz CT molecular complexity index is 662. The van der Waals surface area contributed by atoms with Gasteiger partial charge in [-0.15, -0.1) is 0 Å². The number of imidazole rings is 1. The summed E-state index contributed by atoms with van der Waals surface area (Å²) in [6.07, 6.45) is 7.55. The van der Waals surface area contributed by atoms with Crippen molar-refractivity contribution >= 4 is 5.82 Å². The molecule has 5 heteroatoms. The van der Waals surface area contributed by atoms with E-state index in [1.807, 2.05) is 30.3 Å². The molecule has 5 nitrogen and oxygen atoms in total. The van der Waals surface area contributed by atoms with Crippen LogP contribution in [0.25, 0.3) is 5.82 Å². The molecule has 0 unspecified atom stereocenters. The van der Waals surface area contributed by atoms with E-state index in [2.05, 4.69) is 15.0 Å². The Morgan fingerprint density at radius 2 is 2.00 bits per heavy atom. The van der Waals surface area contributed by atoms with E-state index in [4.69, 9.17) is 5.73 Å². The summed E-state index contributed by atoms with van der Waals surface area (Å²) in [4.78, 5) is 12.7. The van der Waals surface area contributed by atoms with Crippen LogP contribution in [0.4, 0.5) is 5.82 Å². The largest absolute Gasteiger partial charge is 0.382 e. The lowest BCUT2D eigenvalue weighted by molar-refractivity contribution is 0.946. The predicted molar refractivity (Wildman–Crippen MR) is 72.8 cm³/mol. The van der Waals surface area contributed by atoms with Crippen LogP contribution in [0.15, 0.2) is 55.2 Å². The number of hydrogen-bond donors (Lipinski definition) is 1. The number of aromatic nitrogens is 4. The maximum atomic E-state index is 5.97. The molecule has 0 saturated carbocycles. The molecule has 94 valence electrons. The van der Waals surface area contributed by atoms with Crippen LogP contribution in [0.3, 0.4) is 0 Å². The lowest BCUT2D eigenvalue weighted by atomic mass is 10.1. The number of rotatable bonds is 3. The average molecular weight is 251 g/mol. The van der Waals surface area contributed by atoms with Gasteiger partial charge in [0, 0.05) is 18.8 Å². The summed E-state index contributed by atoms with van der Waals surface area (Å²) in [5.74, 6) is 1.13. The fourth-order valence-electron chi connectivity index (χ4n) is 1.86.